The number of ether oxygens (including phenoxy) is 2. The lowest BCUT2D eigenvalue weighted by molar-refractivity contribution is -0.870. The molecule has 8 nitrogen and oxygen atoms in total. The first-order chi connectivity index (χ1) is 26.1. The lowest BCUT2D eigenvalue weighted by Crippen LogP contribution is -2.37. The molecule has 0 saturated carbocycles. The number of rotatable bonds is 38. The highest BCUT2D eigenvalue weighted by Gasteiger charge is 2.20. The third-order valence-corrected chi connectivity index (χ3v) is 9.46. The Hall–Kier alpha value is -2.06. The maximum absolute atomic E-state index is 12.7. The molecule has 9 heteroatoms. The minimum atomic E-state index is -4.54. The second-order valence-electron chi connectivity index (χ2n) is 15.0. The van der Waals surface area contributed by atoms with Crippen LogP contribution in [0.25, 0.3) is 0 Å². The molecule has 0 aliphatic rings. The molecule has 0 rings (SSSR count). The summed E-state index contributed by atoms with van der Waals surface area (Å²) in [4.78, 5) is 25.0. The van der Waals surface area contributed by atoms with Crippen LogP contribution in [0.1, 0.15) is 149 Å². The molecule has 0 spiro atoms. The van der Waals surface area contributed by atoms with Crippen LogP contribution in [0.5, 0.6) is 0 Å². The van der Waals surface area contributed by atoms with E-state index in [1.54, 1.807) is 0 Å². The summed E-state index contributed by atoms with van der Waals surface area (Å²) < 4.78 is 34.5. The standard InChI is InChI=1S/C45H80NO7P/c1-6-8-10-12-14-16-18-20-22-23-24-26-28-30-32-34-36-38-45(47)53-44(43-52-54(48,49)51-41-39-46(3,4)5)42-50-40-37-35-33-31-29-27-25-21-19-17-15-13-11-9-7-2/h8,10,13-16,19-22,24,26,44H,6-7,9,11-12,17-18,23,25,27-43H2,1-5H3/b10-8-,15-13-,16-14-,21-19-,22-20-,26-24-. The summed E-state index contributed by atoms with van der Waals surface area (Å²) in [5.74, 6) is -0.365. The molecule has 0 fully saturated rings. The Balaban J connectivity index is 4.34. The van der Waals surface area contributed by atoms with Crippen LogP contribution in [0, 0.1) is 0 Å². The second kappa shape index (κ2) is 37.8. The number of carbonyl (C=O) groups is 1. The maximum Gasteiger partial charge on any atom is 0.306 e. The molecular formula is C45H80NO7P. The van der Waals surface area contributed by atoms with Gasteiger partial charge in [-0.2, -0.15) is 0 Å². The van der Waals surface area contributed by atoms with Crippen LogP contribution in [0.3, 0.4) is 0 Å². The number of allylic oxidation sites excluding steroid dienone is 12. The van der Waals surface area contributed by atoms with Crippen molar-refractivity contribution in [3.05, 3.63) is 72.9 Å². The number of quaternary nitrogens is 1. The van der Waals surface area contributed by atoms with Crippen LogP contribution in [0.15, 0.2) is 72.9 Å². The van der Waals surface area contributed by atoms with Crippen molar-refractivity contribution in [1.82, 2.24) is 0 Å². The van der Waals surface area contributed by atoms with Crippen LogP contribution in [-0.4, -0.2) is 70.7 Å². The molecule has 0 N–H and O–H groups in total. The van der Waals surface area contributed by atoms with Crippen molar-refractivity contribution in [2.24, 2.45) is 0 Å². The van der Waals surface area contributed by atoms with Gasteiger partial charge in [0.25, 0.3) is 7.82 Å². The molecule has 0 aliphatic heterocycles. The normalized spacial score (nSPS) is 14.6. The molecule has 0 aliphatic carbocycles. The Bertz CT molecular complexity index is 1090. The second-order valence-corrected chi connectivity index (χ2v) is 16.4. The summed E-state index contributed by atoms with van der Waals surface area (Å²) >= 11 is 0. The molecule has 2 unspecified atom stereocenters. The van der Waals surface area contributed by atoms with E-state index in [4.69, 9.17) is 18.5 Å². The van der Waals surface area contributed by atoms with Crippen LogP contribution in [0.2, 0.25) is 0 Å². The van der Waals surface area contributed by atoms with E-state index >= 15 is 0 Å². The lowest BCUT2D eigenvalue weighted by Gasteiger charge is -2.28. The zero-order chi connectivity index (χ0) is 39.9. The van der Waals surface area contributed by atoms with E-state index in [1.165, 1.54) is 38.5 Å². The van der Waals surface area contributed by atoms with Crippen molar-refractivity contribution in [3.63, 3.8) is 0 Å². The van der Waals surface area contributed by atoms with Crippen molar-refractivity contribution in [3.8, 4) is 0 Å². The van der Waals surface area contributed by atoms with E-state index in [1.807, 2.05) is 21.1 Å². The van der Waals surface area contributed by atoms with Crippen molar-refractivity contribution in [2.45, 2.75) is 155 Å². The molecule has 312 valence electrons. The fourth-order valence-electron chi connectivity index (χ4n) is 5.20. The Morgan fingerprint density at radius 2 is 1.07 bits per heavy atom. The van der Waals surface area contributed by atoms with Gasteiger partial charge in [0.1, 0.15) is 19.3 Å². The van der Waals surface area contributed by atoms with Crippen LogP contribution in [-0.2, 0) is 27.9 Å². The molecule has 0 amide bonds. The lowest BCUT2D eigenvalue weighted by atomic mass is 10.1. The van der Waals surface area contributed by atoms with E-state index in [2.05, 4.69) is 86.8 Å². The first kappa shape index (κ1) is 51.9. The minimum Gasteiger partial charge on any atom is -0.756 e. The number of hydrogen-bond donors (Lipinski definition) is 0. The van der Waals surface area contributed by atoms with Gasteiger partial charge in [-0.1, -0.05) is 138 Å². The zero-order valence-corrected chi connectivity index (χ0v) is 36.0. The Labute approximate surface area is 332 Å². The molecule has 0 aromatic rings. The molecule has 0 bridgehead atoms. The first-order valence-corrected chi connectivity index (χ1v) is 22.6. The van der Waals surface area contributed by atoms with Gasteiger partial charge in [0.05, 0.1) is 34.4 Å². The summed E-state index contributed by atoms with van der Waals surface area (Å²) in [7, 11) is 1.32. The van der Waals surface area contributed by atoms with Crippen molar-refractivity contribution in [1.29, 1.82) is 0 Å². The number of nitrogens with zero attached hydrogens (tertiary/aromatic N) is 1. The summed E-state index contributed by atoms with van der Waals surface area (Å²) in [6, 6.07) is 0. The number of hydrogen-bond acceptors (Lipinski definition) is 7. The van der Waals surface area contributed by atoms with Gasteiger partial charge in [-0.15, -0.1) is 0 Å². The molecular weight excluding hydrogens is 697 g/mol. The maximum atomic E-state index is 12.7. The average Bonchev–Trinajstić information content (AvgIpc) is 3.12. The monoisotopic (exact) mass is 778 g/mol. The molecule has 0 aromatic carbocycles. The number of carbonyl (C=O) groups excluding carboxylic acids is 1. The fourth-order valence-corrected chi connectivity index (χ4v) is 5.93. The molecule has 0 radical (unpaired) electrons. The number of phosphoric acid groups is 1. The minimum absolute atomic E-state index is 0.0149. The molecule has 0 heterocycles. The fraction of sp³-hybridized carbons (Fsp3) is 0.711. The van der Waals surface area contributed by atoms with Gasteiger partial charge in [-0.3, -0.25) is 9.36 Å². The predicted octanol–water partition coefficient (Wildman–Crippen LogP) is 11.7. The van der Waals surface area contributed by atoms with E-state index < -0.39 is 13.9 Å². The number of phosphoric ester groups is 1. The Morgan fingerprint density at radius 3 is 1.61 bits per heavy atom. The number of esters is 1. The van der Waals surface area contributed by atoms with Gasteiger partial charge >= 0.3 is 5.97 Å². The molecule has 2 atom stereocenters. The highest BCUT2D eigenvalue weighted by molar-refractivity contribution is 7.45. The zero-order valence-electron chi connectivity index (χ0n) is 35.1. The van der Waals surface area contributed by atoms with Crippen molar-refractivity contribution in [2.75, 3.05) is 54.1 Å². The first-order valence-electron chi connectivity index (χ1n) is 21.2. The number of unbranched alkanes of at least 4 members (excludes halogenated alkanes) is 12. The highest BCUT2D eigenvalue weighted by Crippen LogP contribution is 2.38. The average molecular weight is 778 g/mol. The van der Waals surface area contributed by atoms with Gasteiger partial charge in [0.2, 0.25) is 0 Å². The summed E-state index contributed by atoms with van der Waals surface area (Å²) in [6.07, 6.45) is 47.6. The summed E-state index contributed by atoms with van der Waals surface area (Å²) in [5.41, 5.74) is 0. The van der Waals surface area contributed by atoms with Crippen LogP contribution < -0.4 is 4.89 Å². The van der Waals surface area contributed by atoms with Crippen LogP contribution >= 0.6 is 7.82 Å². The molecule has 0 aromatic heterocycles. The Kier molecular flexibility index (Phi) is 36.4. The van der Waals surface area contributed by atoms with Gasteiger partial charge in [0.15, 0.2) is 0 Å². The largest absolute Gasteiger partial charge is 0.756 e. The third-order valence-electron chi connectivity index (χ3n) is 8.49. The van der Waals surface area contributed by atoms with E-state index in [-0.39, 0.29) is 32.2 Å². The molecule has 0 saturated heterocycles. The Morgan fingerprint density at radius 1 is 0.593 bits per heavy atom. The smallest absolute Gasteiger partial charge is 0.306 e. The van der Waals surface area contributed by atoms with Crippen molar-refractivity contribution >= 4 is 13.8 Å². The predicted molar refractivity (Wildman–Crippen MR) is 226 cm³/mol. The summed E-state index contributed by atoms with van der Waals surface area (Å²) in [6.45, 7) is 5.17. The highest BCUT2D eigenvalue weighted by atomic mass is 31.2. The van der Waals surface area contributed by atoms with Gasteiger partial charge in [-0.25, -0.2) is 0 Å². The van der Waals surface area contributed by atoms with E-state index in [0.717, 1.165) is 89.9 Å². The molecule has 54 heavy (non-hydrogen) atoms. The van der Waals surface area contributed by atoms with Crippen molar-refractivity contribution < 1.29 is 37.3 Å². The summed E-state index contributed by atoms with van der Waals surface area (Å²) in [5, 5.41) is 0. The third kappa shape index (κ3) is 41.1. The topological polar surface area (TPSA) is 94.1 Å². The SMILES string of the molecule is CC/C=C\C/C=C\C/C=C\C/C=C\CCCCCCC(=O)OC(COCCCCCCCC/C=C\C/C=C\CCCC)COP(=O)([O-])OCC[N+](C)(C)C. The van der Waals surface area contributed by atoms with E-state index in [9.17, 15) is 14.3 Å². The van der Waals surface area contributed by atoms with Gasteiger partial charge < -0.3 is 27.9 Å². The van der Waals surface area contributed by atoms with Gasteiger partial charge in [-0.05, 0) is 77.0 Å². The van der Waals surface area contributed by atoms with Crippen LogP contribution in [0.4, 0.5) is 0 Å². The quantitative estimate of drug-likeness (QED) is 0.0202. The van der Waals surface area contributed by atoms with E-state index in [0.29, 0.717) is 17.6 Å². The number of likely N-dealkylation sites (N-methyl/N-ethyl adjacent to an activating group) is 1. The van der Waals surface area contributed by atoms with Gasteiger partial charge in [0, 0.05) is 13.0 Å².